The maximum absolute atomic E-state index is 12.5. The van der Waals surface area contributed by atoms with Crippen molar-refractivity contribution in [3.05, 3.63) is 59.7 Å². The Morgan fingerprint density at radius 2 is 1.90 bits per heavy atom. The number of rotatable bonds is 7. The molecule has 2 aromatic carbocycles. The lowest BCUT2D eigenvalue weighted by molar-refractivity contribution is -0.121. The monoisotopic (exact) mass is 410 g/mol. The number of ether oxygens (including phenoxy) is 3. The van der Waals surface area contributed by atoms with Gasteiger partial charge >= 0.3 is 0 Å². The summed E-state index contributed by atoms with van der Waals surface area (Å²) in [5, 5.41) is 3.22. The minimum Gasteiger partial charge on any atom is -0.493 e. The van der Waals surface area contributed by atoms with Gasteiger partial charge in [0.15, 0.2) is 11.5 Å². The first-order chi connectivity index (χ1) is 14.7. The third kappa shape index (κ3) is 4.77. The van der Waals surface area contributed by atoms with E-state index in [0.29, 0.717) is 30.4 Å². The maximum Gasteiger partial charge on any atom is 0.220 e. The summed E-state index contributed by atoms with van der Waals surface area (Å²) in [6.07, 6.45) is 2.19. The topological polar surface area (TPSA) is 60.0 Å². The number of carbonyl (C=O) groups is 1. The molecular weight excluding hydrogens is 380 g/mol. The van der Waals surface area contributed by atoms with E-state index in [4.69, 9.17) is 14.2 Å². The largest absolute Gasteiger partial charge is 0.493 e. The summed E-state index contributed by atoms with van der Waals surface area (Å²) < 4.78 is 16.7. The molecule has 0 aromatic heterocycles. The van der Waals surface area contributed by atoms with Crippen LogP contribution in [0.3, 0.4) is 0 Å². The van der Waals surface area contributed by atoms with Gasteiger partial charge in [0, 0.05) is 31.6 Å². The van der Waals surface area contributed by atoms with Crippen LogP contribution >= 0.6 is 0 Å². The fourth-order valence-electron chi connectivity index (χ4n) is 4.44. The van der Waals surface area contributed by atoms with Crippen LogP contribution in [0, 0.1) is 0 Å². The van der Waals surface area contributed by atoms with Gasteiger partial charge < -0.3 is 19.5 Å². The molecule has 6 nitrogen and oxygen atoms in total. The number of amides is 1. The Morgan fingerprint density at radius 3 is 2.67 bits per heavy atom. The van der Waals surface area contributed by atoms with Crippen LogP contribution in [0.15, 0.2) is 48.5 Å². The zero-order valence-electron chi connectivity index (χ0n) is 17.7. The Labute approximate surface area is 178 Å². The molecule has 2 heterocycles. The summed E-state index contributed by atoms with van der Waals surface area (Å²) in [7, 11) is 3.24. The molecule has 2 saturated heterocycles. The second-order valence-corrected chi connectivity index (χ2v) is 8.03. The lowest BCUT2D eigenvalue weighted by Gasteiger charge is -2.35. The minimum atomic E-state index is 0.0927. The second-order valence-electron chi connectivity index (χ2n) is 8.03. The summed E-state index contributed by atoms with van der Waals surface area (Å²) in [5.41, 5.74) is 2.28. The molecule has 2 aliphatic heterocycles. The number of fused-ring (bicyclic) bond motifs is 1. The van der Waals surface area contributed by atoms with E-state index in [-0.39, 0.29) is 18.1 Å². The number of morpholine rings is 1. The molecule has 2 aliphatic rings. The normalized spacial score (nSPS) is 23.6. The van der Waals surface area contributed by atoms with Crippen molar-refractivity contribution in [3.63, 3.8) is 0 Å². The summed E-state index contributed by atoms with van der Waals surface area (Å²) in [6, 6.07) is 16.7. The summed E-state index contributed by atoms with van der Waals surface area (Å²) in [5.74, 6) is 1.48. The average molecular weight is 411 g/mol. The van der Waals surface area contributed by atoms with Gasteiger partial charge in [-0.3, -0.25) is 9.69 Å². The molecule has 2 fully saturated rings. The molecule has 0 bridgehead atoms. The molecule has 0 spiro atoms. The van der Waals surface area contributed by atoms with E-state index in [0.717, 1.165) is 31.7 Å². The molecule has 0 unspecified atom stereocenters. The molecule has 1 amide bonds. The minimum absolute atomic E-state index is 0.0927. The summed E-state index contributed by atoms with van der Waals surface area (Å²) in [4.78, 5) is 15.0. The molecule has 3 atom stereocenters. The predicted molar refractivity (Wildman–Crippen MR) is 115 cm³/mol. The van der Waals surface area contributed by atoms with Gasteiger partial charge in [0.05, 0.1) is 26.9 Å². The number of methoxy groups -OCH3 is 2. The number of aryl methyl sites for hydroxylation is 1. The van der Waals surface area contributed by atoms with Gasteiger partial charge in [0.25, 0.3) is 0 Å². The van der Waals surface area contributed by atoms with E-state index in [2.05, 4.69) is 34.5 Å². The van der Waals surface area contributed by atoms with Gasteiger partial charge in [-0.05, 0) is 36.1 Å². The predicted octanol–water partition coefficient (Wildman–Crippen LogP) is 2.97. The van der Waals surface area contributed by atoms with Crippen molar-refractivity contribution in [2.45, 2.75) is 37.5 Å². The Balaban J connectivity index is 1.26. The van der Waals surface area contributed by atoms with Crippen LogP contribution < -0.4 is 14.8 Å². The van der Waals surface area contributed by atoms with Crippen molar-refractivity contribution in [2.75, 3.05) is 33.9 Å². The molecule has 2 aromatic rings. The summed E-state index contributed by atoms with van der Waals surface area (Å²) >= 11 is 0. The molecule has 30 heavy (non-hydrogen) atoms. The quantitative estimate of drug-likeness (QED) is 0.761. The van der Waals surface area contributed by atoms with Crippen LogP contribution in [0.5, 0.6) is 11.5 Å². The zero-order chi connectivity index (χ0) is 20.9. The Morgan fingerprint density at radius 1 is 1.10 bits per heavy atom. The van der Waals surface area contributed by atoms with E-state index in [9.17, 15) is 4.79 Å². The molecule has 0 aliphatic carbocycles. The number of nitrogens with one attached hydrogen (secondary N) is 1. The van der Waals surface area contributed by atoms with Gasteiger partial charge in [-0.1, -0.05) is 36.4 Å². The average Bonchev–Trinajstić information content (AvgIpc) is 3.19. The fourth-order valence-corrected chi connectivity index (χ4v) is 4.44. The van der Waals surface area contributed by atoms with Gasteiger partial charge in [0.1, 0.15) is 0 Å². The van der Waals surface area contributed by atoms with Crippen molar-refractivity contribution in [1.82, 2.24) is 10.2 Å². The SMILES string of the molecule is COc1ccc(CCC(=O)N[C@H]2C[C@H]3CO[C@@H](c4ccccc4)CN3C2)cc1OC. The summed E-state index contributed by atoms with van der Waals surface area (Å²) in [6.45, 7) is 2.49. The third-order valence-corrected chi connectivity index (χ3v) is 6.04. The van der Waals surface area contributed by atoms with Gasteiger partial charge in [0.2, 0.25) is 5.91 Å². The van der Waals surface area contributed by atoms with E-state index in [1.165, 1.54) is 5.56 Å². The molecule has 4 rings (SSSR count). The van der Waals surface area contributed by atoms with Crippen LogP contribution in [-0.4, -0.2) is 56.8 Å². The van der Waals surface area contributed by atoms with Gasteiger partial charge in [-0.25, -0.2) is 0 Å². The number of hydrogen-bond acceptors (Lipinski definition) is 5. The standard InChI is InChI=1S/C24H30N2O4/c1-28-21-10-8-17(12-22(21)29-2)9-11-24(27)25-19-13-20-16-30-23(15-26(20)14-19)18-6-4-3-5-7-18/h3-8,10,12,19-20,23H,9,11,13-16H2,1-2H3,(H,25,27)/t19-,20-,23+/m0/s1. The van der Waals surface area contributed by atoms with Crippen molar-refractivity contribution < 1.29 is 19.0 Å². The first-order valence-electron chi connectivity index (χ1n) is 10.6. The zero-order valence-corrected chi connectivity index (χ0v) is 17.7. The first-order valence-corrected chi connectivity index (χ1v) is 10.6. The van der Waals surface area contributed by atoms with Crippen molar-refractivity contribution in [3.8, 4) is 11.5 Å². The van der Waals surface area contributed by atoms with E-state index < -0.39 is 0 Å². The molecule has 0 saturated carbocycles. The van der Waals surface area contributed by atoms with Crippen LogP contribution in [0.2, 0.25) is 0 Å². The maximum atomic E-state index is 12.5. The molecule has 1 N–H and O–H groups in total. The van der Waals surface area contributed by atoms with E-state index in [1.807, 2.05) is 24.3 Å². The number of benzene rings is 2. The Bertz CT molecular complexity index is 858. The lowest BCUT2D eigenvalue weighted by Crippen LogP contribution is -2.43. The van der Waals surface area contributed by atoms with Crippen molar-refractivity contribution >= 4 is 5.91 Å². The number of nitrogens with zero attached hydrogens (tertiary/aromatic N) is 1. The van der Waals surface area contributed by atoms with Crippen LogP contribution in [0.25, 0.3) is 0 Å². The second kappa shape index (κ2) is 9.49. The Hall–Kier alpha value is -2.57. The lowest BCUT2D eigenvalue weighted by atomic mass is 10.1. The molecular formula is C24H30N2O4. The van der Waals surface area contributed by atoms with E-state index >= 15 is 0 Å². The highest BCUT2D eigenvalue weighted by Crippen LogP contribution is 2.30. The molecule has 0 radical (unpaired) electrons. The molecule has 160 valence electrons. The van der Waals surface area contributed by atoms with Gasteiger partial charge in [-0.15, -0.1) is 0 Å². The number of hydrogen-bond donors (Lipinski definition) is 1. The molecule has 6 heteroatoms. The van der Waals surface area contributed by atoms with Crippen molar-refractivity contribution in [1.29, 1.82) is 0 Å². The van der Waals surface area contributed by atoms with Crippen LogP contribution in [0.1, 0.15) is 30.1 Å². The number of carbonyl (C=O) groups excluding carboxylic acids is 1. The highest BCUT2D eigenvalue weighted by Gasteiger charge is 2.38. The third-order valence-electron chi connectivity index (χ3n) is 6.04. The smallest absolute Gasteiger partial charge is 0.220 e. The van der Waals surface area contributed by atoms with Crippen molar-refractivity contribution in [2.24, 2.45) is 0 Å². The van der Waals surface area contributed by atoms with Crippen LogP contribution in [-0.2, 0) is 16.0 Å². The van der Waals surface area contributed by atoms with Gasteiger partial charge in [-0.2, -0.15) is 0 Å². The highest BCUT2D eigenvalue weighted by molar-refractivity contribution is 5.76. The van der Waals surface area contributed by atoms with Crippen LogP contribution in [0.4, 0.5) is 0 Å². The van der Waals surface area contributed by atoms with E-state index in [1.54, 1.807) is 14.2 Å². The highest BCUT2D eigenvalue weighted by atomic mass is 16.5. The fraction of sp³-hybridized carbons (Fsp3) is 0.458. The first kappa shape index (κ1) is 20.7. The Kier molecular flexibility index (Phi) is 6.55.